The summed E-state index contributed by atoms with van der Waals surface area (Å²) in [4.78, 5) is 23.4. The first kappa shape index (κ1) is 17.1. The van der Waals surface area contributed by atoms with E-state index in [1.807, 2.05) is 4.90 Å². The Morgan fingerprint density at radius 2 is 1.77 bits per heavy atom. The van der Waals surface area contributed by atoms with Gasteiger partial charge in [0.05, 0.1) is 25.0 Å². The van der Waals surface area contributed by atoms with Crippen molar-refractivity contribution >= 4 is 5.91 Å². The zero-order valence-electron chi connectivity index (χ0n) is 14.9. The molecule has 0 atom stereocenters. The molecule has 26 heavy (non-hydrogen) atoms. The van der Waals surface area contributed by atoms with E-state index in [9.17, 15) is 4.79 Å². The van der Waals surface area contributed by atoms with Gasteiger partial charge in [0.25, 0.3) is 0 Å². The van der Waals surface area contributed by atoms with Gasteiger partial charge >= 0.3 is 0 Å². The fourth-order valence-electron chi connectivity index (χ4n) is 3.83. The van der Waals surface area contributed by atoms with Crippen molar-refractivity contribution in [2.75, 3.05) is 26.3 Å². The molecule has 2 aliphatic rings. The summed E-state index contributed by atoms with van der Waals surface area (Å²) >= 11 is 0. The predicted octanol–water partition coefficient (Wildman–Crippen LogP) is 1.41. The van der Waals surface area contributed by atoms with Crippen LogP contribution in [0.15, 0.2) is 9.05 Å². The predicted molar refractivity (Wildman–Crippen MR) is 88.3 cm³/mol. The number of carbonyl (C=O) groups excluding carboxylic acids is 1. The Kier molecular flexibility index (Phi) is 4.71. The van der Waals surface area contributed by atoms with Gasteiger partial charge in [-0.05, 0) is 12.8 Å². The fourth-order valence-corrected chi connectivity index (χ4v) is 3.83. The molecule has 1 aliphatic heterocycles. The van der Waals surface area contributed by atoms with E-state index in [0.29, 0.717) is 62.6 Å². The number of rotatable bonds is 5. The fraction of sp³-hybridized carbons (Fsp3) is 0.706. The summed E-state index contributed by atoms with van der Waals surface area (Å²) in [6, 6.07) is 0. The maximum absolute atomic E-state index is 12.8. The monoisotopic (exact) mass is 361 g/mol. The molecule has 0 aromatic carbocycles. The van der Waals surface area contributed by atoms with Gasteiger partial charge in [0.2, 0.25) is 17.7 Å². The van der Waals surface area contributed by atoms with Gasteiger partial charge in [-0.15, -0.1) is 0 Å². The van der Waals surface area contributed by atoms with Crippen LogP contribution in [0.1, 0.15) is 55.5 Å². The van der Waals surface area contributed by atoms with Crippen LogP contribution in [0, 0.1) is 6.92 Å². The lowest BCUT2D eigenvalue weighted by Gasteiger charge is -2.31. The molecule has 0 unspecified atom stereocenters. The maximum atomic E-state index is 12.8. The molecule has 0 radical (unpaired) electrons. The number of aryl methyl sites for hydroxylation is 1. The molecule has 0 spiro atoms. The largest absolute Gasteiger partial charge is 0.378 e. The van der Waals surface area contributed by atoms with E-state index < -0.39 is 0 Å². The van der Waals surface area contributed by atoms with Crippen LogP contribution in [0.5, 0.6) is 0 Å². The van der Waals surface area contributed by atoms with Crippen LogP contribution in [-0.4, -0.2) is 57.4 Å². The summed E-state index contributed by atoms with van der Waals surface area (Å²) in [6.07, 6.45) is 4.69. The third kappa shape index (κ3) is 3.48. The summed E-state index contributed by atoms with van der Waals surface area (Å²) < 4.78 is 15.9. The first-order valence-electron chi connectivity index (χ1n) is 9.12. The number of hydrogen-bond acceptors (Lipinski definition) is 8. The van der Waals surface area contributed by atoms with E-state index in [1.165, 1.54) is 0 Å². The van der Waals surface area contributed by atoms with Crippen molar-refractivity contribution in [1.82, 2.24) is 25.2 Å². The Labute approximate surface area is 151 Å². The molecule has 1 saturated heterocycles. The number of morpholine rings is 1. The van der Waals surface area contributed by atoms with Gasteiger partial charge in [0.1, 0.15) is 0 Å². The van der Waals surface area contributed by atoms with Gasteiger partial charge in [0.15, 0.2) is 11.6 Å². The second kappa shape index (κ2) is 7.14. The van der Waals surface area contributed by atoms with Crippen LogP contribution in [0.25, 0.3) is 0 Å². The lowest BCUT2D eigenvalue weighted by molar-refractivity contribution is -0.136. The van der Waals surface area contributed by atoms with Crippen molar-refractivity contribution in [2.45, 2.75) is 50.9 Å². The normalized spacial score (nSPS) is 19.8. The van der Waals surface area contributed by atoms with Crippen LogP contribution < -0.4 is 0 Å². The minimum absolute atomic E-state index is 0.142. The molecule has 9 heteroatoms. The van der Waals surface area contributed by atoms with Gasteiger partial charge in [-0.25, -0.2) is 0 Å². The van der Waals surface area contributed by atoms with Crippen LogP contribution in [0.4, 0.5) is 0 Å². The Hall–Kier alpha value is -2.29. The molecule has 0 bridgehead atoms. The number of nitrogens with zero attached hydrogens (tertiary/aromatic N) is 5. The molecular weight excluding hydrogens is 338 g/mol. The molecule has 1 amide bonds. The van der Waals surface area contributed by atoms with Crippen molar-refractivity contribution in [3.63, 3.8) is 0 Å². The minimum atomic E-state index is -0.353. The number of ether oxygens (including phenoxy) is 1. The maximum Gasteiger partial charge on any atom is 0.233 e. The van der Waals surface area contributed by atoms with E-state index in [0.717, 1.165) is 25.7 Å². The standard InChI is InChI=1S/C17H23N5O4/c1-12-18-13(20-25-12)10-14-19-16(26-21-14)17(4-2-3-5-17)11-15(23)22-6-8-24-9-7-22/h2-11H2,1H3. The number of carbonyl (C=O) groups is 1. The molecule has 1 saturated carbocycles. The van der Waals surface area contributed by atoms with Crippen molar-refractivity contribution < 1.29 is 18.6 Å². The summed E-state index contributed by atoms with van der Waals surface area (Å²) in [5, 5.41) is 7.94. The Balaban J connectivity index is 1.49. The van der Waals surface area contributed by atoms with E-state index in [2.05, 4.69) is 20.3 Å². The summed E-state index contributed by atoms with van der Waals surface area (Å²) in [6.45, 7) is 4.26. The van der Waals surface area contributed by atoms with Gasteiger partial charge in [-0.2, -0.15) is 9.97 Å². The highest BCUT2D eigenvalue weighted by molar-refractivity contribution is 5.77. The first-order chi connectivity index (χ1) is 12.6. The molecule has 9 nitrogen and oxygen atoms in total. The van der Waals surface area contributed by atoms with E-state index >= 15 is 0 Å². The second-order valence-electron chi connectivity index (χ2n) is 7.08. The average Bonchev–Trinajstić information content (AvgIpc) is 3.38. The van der Waals surface area contributed by atoms with Crippen molar-refractivity contribution in [2.24, 2.45) is 0 Å². The molecule has 3 heterocycles. The molecule has 0 N–H and O–H groups in total. The zero-order chi connectivity index (χ0) is 18.0. The lowest BCUT2D eigenvalue weighted by atomic mass is 9.82. The van der Waals surface area contributed by atoms with Crippen molar-refractivity contribution in [1.29, 1.82) is 0 Å². The Morgan fingerprint density at radius 3 is 2.46 bits per heavy atom. The quantitative estimate of drug-likeness (QED) is 0.787. The van der Waals surface area contributed by atoms with Gasteiger partial charge in [-0.1, -0.05) is 23.2 Å². The number of aromatic nitrogens is 4. The third-order valence-electron chi connectivity index (χ3n) is 5.22. The average molecular weight is 361 g/mol. The molecule has 2 fully saturated rings. The highest BCUT2D eigenvalue weighted by atomic mass is 16.5. The second-order valence-corrected chi connectivity index (χ2v) is 7.08. The van der Waals surface area contributed by atoms with Crippen LogP contribution >= 0.6 is 0 Å². The van der Waals surface area contributed by atoms with Crippen molar-refractivity contribution in [3.05, 3.63) is 23.4 Å². The molecular formula is C17H23N5O4. The van der Waals surface area contributed by atoms with Gasteiger partial charge in [0, 0.05) is 26.4 Å². The first-order valence-corrected chi connectivity index (χ1v) is 9.12. The van der Waals surface area contributed by atoms with Gasteiger partial charge < -0.3 is 18.7 Å². The van der Waals surface area contributed by atoms with E-state index in [1.54, 1.807) is 6.92 Å². The number of hydrogen-bond donors (Lipinski definition) is 0. The van der Waals surface area contributed by atoms with Gasteiger partial charge in [-0.3, -0.25) is 4.79 Å². The van der Waals surface area contributed by atoms with Crippen LogP contribution in [-0.2, 0) is 21.4 Å². The number of amides is 1. The summed E-state index contributed by atoms with van der Waals surface area (Å²) in [5.41, 5.74) is -0.353. The molecule has 1 aliphatic carbocycles. The lowest BCUT2D eigenvalue weighted by Crippen LogP contribution is -2.43. The summed E-state index contributed by atoms with van der Waals surface area (Å²) in [7, 11) is 0. The van der Waals surface area contributed by atoms with Crippen LogP contribution in [0.2, 0.25) is 0 Å². The topological polar surface area (TPSA) is 107 Å². The molecule has 140 valence electrons. The Morgan fingerprint density at radius 1 is 1.08 bits per heavy atom. The van der Waals surface area contributed by atoms with Crippen LogP contribution in [0.3, 0.4) is 0 Å². The smallest absolute Gasteiger partial charge is 0.233 e. The zero-order valence-corrected chi connectivity index (χ0v) is 14.9. The molecule has 2 aromatic rings. The molecule has 4 rings (SSSR count). The van der Waals surface area contributed by atoms with Crippen molar-refractivity contribution in [3.8, 4) is 0 Å². The highest BCUT2D eigenvalue weighted by Gasteiger charge is 2.43. The highest BCUT2D eigenvalue weighted by Crippen LogP contribution is 2.43. The van der Waals surface area contributed by atoms with E-state index in [4.69, 9.17) is 13.8 Å². The minimum Gasteiger partial charge on any atom is -0.378 e. The summed E-state index contributed by atoms with van der Waals surface area (Å²) in [5.74, 6) is 2.26. The SMILES string of the molecule is Cc1nc(Cc2noc(C3(CC(=O)N4CCOCC4)CCCC3)n2)no1. The van der Waals surface area contributed by atoms with E-state index in [-0.39, 0.29) is 11.3 Å². The third-order valence-corrected chi connectivity index (χ3v) is 5.22. The Bertz CT molecular complexity index is 759. The molecule has 2 aromatic heterocycles.